The van der Waals surface area contributed by atoms with Crippen LogP contribution in [-0.4, -0.2) is 64.4 Å². The predicted octanol–water partition coefficient (Wildman–Crippen LogP) is 3.38. The molecular formula is C22H28ClNO7. The highest BCUT2D eigenvalue weighted by Gasteiger charge is 2.40. The monoisotopic (exact) mass is 453 g/mol. The first kappa shape index (κ1) is 24.7. The third-order valence-corrected chi connectivity index (χ3v) is 5.68. The van der Waals surface area contributed by atoms with Crippen LogP contribution >= 0.6 is 11.6 Å². The van der Waals surface area contributed by atoms with Crippen LogP contribution in [0.3, 0.4) is 0 Å². The molecule has 2 bridgehead atoms. The Kier molecular flexibility index (Phi) is 9.33. The first-order chi connectivity index (χ1) is 14.7. The lowest BCUT2D eigenvalue weighted by molar-refractivity contribution is -0.161. The van der Waals surface area contributed by atoms with Gasteiger partial charge >= 0.3 is 17.9 Å². The molecule has 8 nitrogen and oxygen atoms in total. The maximum atomic E-state index is 12.4. The van der Waals surface area contributed by atoms with Gasteiger partial charge in [0.15, 0.2) is 6.10 Å². The van der Waals surface area contributed by atoms with Crippen molar-refractivity contribution in [2.24, 2.45) is 0 Å². The second-order valence-corrected chi connectivity index (χ2v) is 8.00. The summed E-state index contributed by atoms with van der Waals surface area (Å²) in [4.78, 5) is 34.0. The fourth-order valence-corrected chi connectivity index (χ4v) is 3.94. The third-order valence-electron chi connectivity index (χ3n) is 5.43. The Morgan fingerprint density at radius 1 is 1.10 bits per heavy atom. The topological polar surface area (TPSA) is 113 Å². The van der Waals surface area contributed by atoms with E-state index in [0.29, 0.717) is 41.4 Å². The molecule has 3 rings (SSSR count). The number of fused-ring (bicyclic) bond motifs is 2. The lowest BCUT2D eigenvalue weighted by Crippen LogP contribution is -2.44. The molecule has 2 heterocycles. The van der Waals surface area contributed by atoms with Gasteiger partial charge in [0.2, 0.25) is 0 Å². The summed E-state index contributed by atoms with van der Waals surface area (Å²) in [6, 6.07) is 8.17. The molecule has 2 saturated heterocycles. The summed E-state index contributed by atoms with van der Waals surface area (Å²) in [5.41, 5.74) is 0. The predicted molar refractivity (Wildman–Crippen MR) is 114 cm³/mol. The van der Waals surface area contributed by atoms with Crippen LogP contribution in [0, 0.1) is 0 Å². The van der Waals surface area contributed by atoms with E-state index in [9.17, 15) is 14.4 Å². The second-order valence-electron chi connectivity index (χ2n) is 7.56. The second kappa shape index (κ2) is 11.7. The molecule has 1 aromatic carbocycles. The van der Waals surface area contributed by atoms with Gasteiger partial charge in [-0.15, -0.1) is 0 Å². The van der Waals surface area contributed by atoms with E-state index < -0.39 is 18.0 Å². The van der Waals surface area contributed by atoms with Gasteiger partial charge in [-0.1, -0.05) is 18.5 Å². The van der Waals surface area contributed by atoms with Crippen molar-refractivity contribution in [1.82, 2.24) is 4.90 Å². The van der Waals surface area contributed by atoms with Crippen molar-refractivity contribution in [2.45, 2.75) is 63.3 Å². The number of carbonyl (C=O) groups excluding carboxylic acids is 1. The average Bonchev–Trinajstić information content (AvgIpc) is 2.92. The number of nitrogens with zero attached hydrogens (tertiary/aromatic N) is 1. The zero-order valence-corrected chi connectivity index (χ0v) is 18.3. The highest BCUT2D eigenvalue weighted by atomic mass is 35.5. The number of hydrogen-bond acceptors (Lipinski definition) is 6. The molecule has 1 aromatic rings. The Bertz CT molecular complexity index is 766. The Balaban J connectivity index is 0.000000366. The first-order valence-corrected chi connectivity index (χ1v) is 10.6. The third kappa shape index (κ3) is 7.88. The molecule has 0 amide bonds. The SMILES string of the molecule is CC[C@@H](Oc1ccc(Cl)cc1)C(=O)OC1C[C@H]2CC[C@@H](C1)N2C.O=C(O)C=CC(=O)O. The van der Waals surface area contributed by atoms with Crippen molar-refractivity contribution >= 4 is 29.5 Å². The standard InChI is InChI=1S/C18H24ClNO3.C4H4O4/c1-3-17(22-15-8-4-12(19)5-9-15)18(21)23-16-10-13-6-7-14(11-16)20(13)2;5-3(6)1-2-4(7)8/h4-5,8-9,13-14,16-17H,3,6-7,10-11H2,1-2H3;1-2H,(H,5,6)(H,7,8)/t13-,14+,16?,17-;/m1./s1. The van der Waals surface area contributed by atoms with Crippen LogP contribution in [0.2, 0.25) is 5.02 Å². The number of piperidine rings is 1. The quantitative estimate of drug-likeness (QED) is 0.477. The van der Waals surface area contributed by atoms with E-state index in [0.717, 1.165) is 12.8 Å². The van der Waals surface area contributed by atoms with E-state index in [4.69, 9.17) is 31.3 Å². The number of carboxylic acids is 2. The maximum absolute atomic E-state index is 12.4. The highest BCUT2D eigenvalue weighted by Crippen LogP contribution is 2.35. The van der Waals surface area contributed by atoms with Crippen LogP contribution in [0.1, 0.15) is 39.0 Å². The smallest absolute Gasteiger partial charge is 0.347 e. The molecule has 170 valence electrons. The molecule has 9 heteroatoms. The van der Waals surface area contributed by atoms with Gasteiger partial charge in [-0.2, -0.15) is 0 Å². The molecular weight excluding hydrogens is 426 g/mol. The number of rotatable bonds is 7. The molecule has 1 unspecified atom stereocenters. The molecule has 31 heavy (non-hydrogen) atoms. The summed E-state index contributed by atoms with van der Waals surface area (Å²) < 4.78 is 11.5. The normalized spacial score (nSPS) is 23.5. The first-order valence-electron chi connectivity index (χ1n) is 10.2. The van der Waals surface area contributed by atoms with Crippen molar-refractivity contribution < 1.29 is 34.1 Å². The van der Waals surface area contributed by atoms with Crippen LogP contribution < -0.4 is 4.74 Å². The van der Waals surface area contributed by atoms with Gasteiger partial charge in [-0.25, -0.2) is 14.4 Å². The van der Waals surface area contributed by atoms with Crippen molar-refractivity contribution in [2.75, 3.05) is 7.05 Å². The number of halogens is 1. The zero-order valence-electron chi connectivity index (χ0n) is 17.6. The van der Waals surface area contributed by atoms with E-state index in [1.54, 1.807) is 24.3 Å². The van der Waals surface area contributed by atoms with E-state index in [2.05, 4.69) is 11.9 Å². The number of ether oxygens (including phenoxy) is 2. The summed E-state index contributed by atoms with van der Waals surface area (Å²) in [7, 11) is 2.18. The molecule has 0 saturated carbocycles. The van der Waals surface area contributed by atoms with Gasteiger partial charge in [0.1, 0.15) is 11.9 Å². The lowest BCUT2D eigenvalue weighted by atomic mass is 10.0. The van der Waals surface area contributed by atoms with Crippen LogP contribution in [0.4, 0.5) is 0 Å². The van der Waals surface area contributed by atoms with Crippen LogP contribution in [-0.2, 0) is 19.1 Å². The largest absolute Gasteiger partial charge is 0.479 e. The highest BCUT2D eigenvalue weighted by molar-refractivity contribution is 6.30. The van der Waals surface area contributed by atoms with Crippen LogP contribution in [0.15, 0.2) is 36.4 Å². The summed E-state index contributed by atoms with van der Waals surface area (Å²) in [6.45, 7) is 1.93. The van der Waals surface area contributed by atoms with Crippen molar-refractivity contribution in [3.8, 4) is 5.75 Å². The number of carboxylic acid groups (broad SMARTS) is 2. The molecule has 2 aliphatic heterocycles. The number of aliphatic carboxylic acids is 2. The summed E-state index contributed by atoms with van der Waals surface area (Å²) >= 11 is 5.87. The van der Waals surface area contributed by atoms with Gasteiger partial charge in [-0.05, 0) is 63.4 Å². The Hall–Kier alpha value is -2.58. The molecule has 2 fully saturated rings. The summed E-state index contributed by atoms with van der Waals surface area (Å²) in [6.07, 6.45) is 5.48. The number of esters is 1. The van der Waals surface area contributed by atoms with E-state index in [1.807, 2.05) is 6.92 Å². The fraction of sp³-hybridized carbons (Fsp3) is 0.500. The van der Waals surface area contributed by atoms with Gasteiger partial charge < -0.3 is 24.6 Å². The molecule has 0 aliphatic carbocycles. The maximum Gasteiger partial charge on any atom is 0.347 e. The van der Waals surface area contributed by atoms with Gasteiger partial charge in [0, 0.05) is 29.3 Å². The number of benzene rings is 1. The Morgan fingerprint density at radius 2 is 1.61 bits per heavy atom. The minimum Gasteiger partial charge on any atom is -0.479 e. The molecule has 0 aromatic heterocycles. The lowest BCUT2D eigenvalue weighted by Gasteiger charge is -2.36. The fourth-order valence-electron chi connectivity index (χ4n) is 3.82. The van der Waals surface area contributed by atoms with Crippen molar-refractivity contribution in [3.63, 3.8) is 0 Å². The number of hydrogen-bond donors (Lipinski definition) is 2. The van der Waals surface area contributed by atoms with Gasteiger partial charge in [0.05, 0.1) is 0 Å². The molecule has 2 N–H and O–H groups in total. The van der Waals surface area contributed by atoms with Gasteiger partial charge in [0.25, 0.3) is 0 Å². The average molecular weight is 454 g/mol. The van der Waals surface area contributed by atoms with Gasteiger partial charge in [-0.3, -0.25) is 0 Å². The van der Waals surface area contributed by atoms with Crippen LogP contribution in [0.5, 0.6) is 5.75 Å². The minimum absolute atomic E-state index is 0.0269. The summed E-state index contributed by atoms with van der Waals surface area (Å²) in [5, 5.41) is 16.3. The molecule has 4 atom stereocenters. The van der Waals surface area contributed by atoms with Crippen molar-refractivity contribution in [3.05, 3.63) is 41.4 Å². The molecule has 2 aliphatic rings. The number of carbonyl (C=O) groups is 3. The Labute approximate surface area is 186 Å². The van der Waals surface area contributed by atoms with Crippen molar-refractivity contribution in [1.29, 1.82) is 0 Å². The molecule has 0 spiro atoms. The summed E-state index contributed by atoms with van der Waals surface area (Å²) in [5.74, 6) is -2.13. The minimum atomic E-state index is -1.26. The van der Waals surface area contributed by atoms with Crippen LogP contribution in [0.25, 0.3) is 0 Å². The molecule has 0 radical (unpaired) electrons. The Morgan fingerprint density at radius 3 is 2.06 bits per heavy atom. The van der Waals surface area contributed by atoms with E-state index >= 15 is 0 Å². The van der Waals surface area contributed by atoms with E-state index in [1.165, 1.54) is 12.8 Å². The van der Waals surface area contributed by atoms with E-state index in [-0.39, 0.29) is 12.1 Å². The zero-order chi connectivity index (χ0) is 23.0.